The maximum atomic E-state index is 12.3. The summed E-state index contributed by atoms with van der Waals surface area (Å²) in [4.78, 5) is 12.3. The zero-order chi connectivity index (χ0) is 16.1. The molecule has 0 radical (unpaired) electrons. The standard InChI is InChI=1S/C16H21N5O2/c17-15(12-6-8-23-9-7-12)16(22)18-10-14-20-19-11-21(14)13-4-2-1-3-5-13/h1-5,11-12,15H,6-10,17H2,(H,18,22). The first-order chi connectivity index (χ1) is 11.3. The van der Waals surface area contributed by atoms with Gasteiger partial charge in [-0.1, -0.05) is 18.2 Å². The molecule has 1 amide bonds. The van der Waals surface area contributed by atoms with Crippen LogP contribution in [-0.2, 0) is 16.1 Å². The van der Waals surface area contributed by atoms with Crippen molar-refractivity contribution >= 4 is 5.91 Å². The first kappa shape index (κ1) is 15.6. The van der Waals surface area contributed by atoms with Gasteiger partial charge in [0.2, 0.25) is 5.91 Å². The molecule has 1 aromatic carbocycles. The highest BCUT2D eigenvalue weighted by molar-refractivity contribution is 5.81. The van der Waals surface area contributed by atoms with Crippen molar-refractivity contribution in [1.29, 1.82) is 0 Å². The number of carbonyl (C=O) groups is 1. The summed E-state index contributed by atoms with van der Waals surface area (Å²) in [5, 5.41) is 10.9. The molecule has 3 rings (SSSR count). The molecule has 0 aliphatic carbocycles. The molecule has 23 heavy (non-hydrogen) atoms. The summed E-state index contributed by atoms with van der Waals surface area (Å²) >= 11 is 0. The highest BCUT2D eigenvalue weighted by atomic mass is 16.5. The minimum atomic E-state index is -0.507. The molecule has 0 saturated carbocycles. The number of hydrogen-bond acceptors (Lipinski definition) is 5. The van der Waals surface area contributed by atoms with Crippen LogP contribution in [0.2, 0.25) is 0 Å². The van der Waals surface area contributed by atoms with E-state index in [0.29, 0.717) is 25.6 Å². The van der Waals surface area contributed by atoms with Crippen LogP contribution in [-0.4, -0.2) is 39.9 Å². The summed E-state index contributed by atoms with van der Waals surface area (Å²) in [5.41, 5.74) is 7.02. The Balaban J connectivity index is 1.60. The van der Waals surface area contributed by atoms with Gasteiger partial charge in [-0.3, -0.25) is 9.36 Å². The molecule has 1 fully saturated rings. The van der Waals surface area contributed by atoms with Gasteiger partial charge in [0, 0.05) is 18.9 Å². The van der Waals surface area contributed by atoms with Crippen molar-refractivity contribution in [1.82, 2.24) is 20.1 Å². The van der Waals surface area contributed by atoms with Crippen molar-refractivity contribution < 1.29 is 9.53 Å². The highest BCUT2D eigenvalue weighted by Crippen LogP contribution is 2.17. The van der Waals surface area contributed by atoms with Crippen LogP contribution >= 0.6 is 0 Å². The van der Waals surface area contributed by atoms with Crippen LogP contribution in [0.3, 0.4) is 0 Å². The predicted octanol–water partition coefficient (Wildman–Crippen LogP) is 0.637. The van der Waals surface area contributed by atoms with Crippen molar-refractivity contribution in [2.45, 2.75) is 25.4 Å². The van der Waals surface area contributed by atoms with Crippen LogP contribution in [0.1, 0.15) is 18.7 Å². The van der Waals surface area contributed by atoms with Crippen LogP contribution in [0.25, 0.3) is 5.69 Å². The molecule has 1 atom stereocenters. The molecular weight excluding hydrogens is 294 g/mol. The number of nitrogens with zero attached hydrogens (tertiary/aromatic N) is 3. The maximum absolute atomic E-state index is 12.3. The highest BCUT2D eigenvalue weighted by Gasteiger charge is 2.26. The van der Waals surface area contributed by atoms with Crippen molar-refractivity contribution in [3.05, 3.63) is 42.5 Å². The third-order valence-corrected chi connectivity index (χ3v) is 4.15. The fourth-order valence-corrected chi connectivity index (χ4v) is 2.76. The number of aromatic nitrogens is 3. The van der Waals surface area contributed by atoms with E-state index in [4.69, 9.17) is 10.5 Å². The molecule has 1 aromatic heterocycles. The Morgan fingerprint density at radius 3 is 2.83 bits per heavy atom. The van der Waals surface area contributed by atoms with Crippen molar-refractivity contribution in [3.63, 3.8) is 0 Å². The lowest BCUT2D eigenvalue weighted by Gasteiger charge is -2.26. The fourth-order valence-electron chi connectivity index (χ4n) is 2.76. The van der Waals surface area contributed by atoms with E-state index in [9.17, 15) is 4.79 Å². The molecule has 3 N–H and O–H groups in total. The molecule has 1 aliphatic rings. The Bertz CT molecular complexity index is 637. The number of rotatable bonds is 5. The van der Waals surface area contributed by atoms with Gasteiger partial charge in [-0.15, -0.1) is 10.2 Å². The van der Waals surface area contributed by atoms with Crippen LogP contribution in [0, 0.1) is 5.92 Å². The lowest BCUT2D eigenvalue weighted by Crippen LogP contribution is -2.47. The average molecular weight is 315 g/mol. The predicted molar refractivity (Wildman–Crippen MR) is 84.7 cm³/mol. The summed E-state index contributed by atoms with van der Waals surface area (Å²) < 4.78 is 7.15. The van der Waals surface area contributed by atoms with Crippen LogP contribution in [0.5, 0.6) is 0 Å². The number of carbonyl (C=O) groups excluding carboxylic acids is 1. The molecule has 1 unspecified atom stereocenters. The molecule has 7 heteroatoms. The van der Waals surface area contributed by atoms with E-state index < -0.39 is 6.04 Å². The van der Waals surface area contributed by atoms with Gasteiger partial charge in [-0.2, -0.15) is 0 Å². The lowest BCUT2D eigenvalue weighted by molar-refractivity contribution is -0.124. The fraction of sp³-hybridized carbons (Fsp3) is 0.438. The van der Waals surface area contributed by atoms with Gasteiger partial charge in [0.15, 0.2) is 5.82 Å². The Kier molecular flexibility index (Phi) is 4.99. The van der Waals surface area contributed by atoms with Gasteiger partial charge in [0.25, 0.3) is 0 Å². The summed E-state index contributed by atoms with van der Waals surface area (Å²) in [6, 6.07) is 9.25. The number of benzene rings is 1. The first-order valence-electron chi connectivity index (χ1n) is 7.81. The van der Waals surface area contributed by atoms with Crippen molar-refractivity contribution in [2.75, 3.05) is 13.2 Å². The van der Waals surface area contributed by atoms with E-state index in [2.05, 4.69) is 15.5 Å². The number of nitrogens with one attached hydrogen (secondary N) is 1. The minimum Gasteiger partial charge on any atom is -0.381 e. The van der Waals surface area contributed by atoms with Gasteiger partial charge >= 0.3 is 0 Å². The third-order valence-electron chi connectivity index (χ3n) is 4.15. The van der Waals surface area contributed by atoms with E-state index >= 15 is 0 Å². The number of para-hydroxylation sites is 1. The Morgan fingerprint density at radius 2 is 2.09 bits per heavy atom. The van der Waals surface area contributed by atoms with Crippen molar-refractivity contribution in [2.24, 2.45) is 11.7 Å². The smallest absolute Gasteiger partial charge is 0.237 e. The number of nitrogens with two attached hydrogens (primary N) is 1. The first-order valence-corrected chi connectivity index (χ1v) is 7.81. The van der Waals surface area contributed by atoms with Gasteiger partial charge in [0.05, 0.1) is 12.6 Å². The molecule has 2 aromatic rings. The Morgan fingerprint density at radius 1 is 1.35 bits per heavy atom. The SMILES string of the molecule is NC(C(=O)NCc1nncn1-c1ccccc1)C1CCOCC1. The molecule has 2 heterocycles. The van der Waals surface area contributed by atoms with Crippen LogP contribution in [0.4, 0.5) is 0 Å². The van der Waals surface area contributed by atoms with Crippen LogP contribution < -0.4 is 11.1 Å². The summed E-state index contributed by atoms with van der Waals surface area (Å²) in [6.07, 6.45) is 3.29. The van der Waals surface area contributed by atoms with Crippen molar-refractivity contribution in [3.8, 4) is 5.69 Å². The second kappa shape index (κ2) is 7.34. The molecular formula is C16H21N5O2. The lowest BCUT2D eigenvalue weighted by atomic mass is 9.92. The largest absolute Gasteiger partial charge is 0.381 e. The second-order valence-corrected chi connectivity index (χ2v) is 5.65. The Labute approximate surface area is 134 Å². The van der Waals surface area contributed by atoms with E-state index in [0.717, 1.165) is 18.5 Å². The second-order valence-electron chi connectivity index (χ2n) is 5.65. The summed E-state index contributed by atoms with van der Waals surface area (Å²) in [6.45, 7) is 1.65. The maximum Gasteiger partial charge on any atom is 0.237 e. The zero-order valence-corrected chi connectivity index (χ0v) is 12.9. The van der Waals surface area contributed by atoms with Gasteiger partial charge < -0.3 is 15.8 Å². The minimum absolute atomic E-state index is 0.153. The van der Waals surface area contributed by atoms with Gasteiger partial charge in [-0.05, 0) is 30.9 Å². The van der Waals surface area contributed by atoms with E-state index in [1.54, 1.807) is 6.33 Å². The average Bonchev–Trinajstić information content (AvgIpc) is 3.09. The monoisotopic (exact) mass is 315 g/mol. The number of amides is 1. The van der Waals surface area contributed by atoms with E-state index in [-0.39, 0.29) is 11.8 Å². The topological polar surface area (TPSA) is 95.1 Å². The van der Waals surface area contributed by atoms with Gasteiger partial charge in [-0.25, -0.2) is 0 Å². The quantitative estimate of drug-likeness (QED) is 0.844. The van der Waals surface area contributed by atoms with Crippen LogP contribution in [0.15, 0.2) is 36.7 Å². The normalized spacial score (nSPS) is 16.9. The third kappa shape index (κ3) is 3.75. The molecule has 0 spiro atoms. The summed E-state index contributed by atoms with van der Waals surface area (Å²) in [7, 11) is 0. The molecule has 0 bridgehead atoms. The summed E-state index contributed by atoms with van der Waals surface area (Å²) in [5.74, 6) is 0.694. The number of hydrogen-bond donors (Lipinski definition) is 2. The number of ether oxygens (including phenoxy) is 1. The van der Waals surface area contributed by atoms with E-state index in [1.807, 2.05) is 34.9 Å². The molecule has 1 aliphatic heterocycles. The van der Waals surface area contributed by atoms with Gasteiger partial charge in [0.1, 0.15) is 6.33 Å². The Hall–Kier alpha value is -2.25. The molecule has 1 saturated heterocycles. The zero-order valence-electron chi connectivity index (χ0n) is 12.9. The molecule has 122 valence electrons. The van der Waals surface area contributed by atoms with E-state index in [1.165, 1.54) is 0 Å². The molecule has 7 nitrogen and oxygen atoms in total.